The summed E-state index contributed by atoms with van der Waals surface area (Å²) in [6.45, 7) is 2.53. The summed E-state index contributed by atoms with van der Waals surface area (Å²) in [4.78, 5) is 24.7. The number of carbonyl (C=O) groups excluding carboxylic acids is 2. The molecule has 5 heteroatoms. The Morgan fingerprint density at radius 2 is 2.00 bits per heavy atom. The van der Waals surface area contributed by atoms with Gasteiger partial charge in [0.2, 0.25) is 11.8 Å². The van der Waals surface area contributed by atoms with Gasteiger partial charge in [0.1, 0.15) is 0 Å². The van der Waals surface area contributed by atoms with Crippen LogP contribution in [0.2, 0.25) is 5.02 Å². The standard InChI is InChI=1S/C14H19ClN2O2/c1-2-3-8-17(10-13(16)18)14(19)9-11-6-4-5-7-12(11)15/h4-7H,2-3,8-10H2,1H3,(H2,16,18). The normalized spacial score (nSPS) is 10.2. The van der Waals surface area contributed by atoms with Crippen LogP contribution in [0.5, 0.6) is 0 Å². The highest BCUT2D eigenvalue weighted by Crippen LogP contribution is 2.16. The first-order valence-corrected chi connectivity index (χ1v) is 6.72. The van der Waals surface area contributed by atoms with Gasteiger partial charge < -0.3 is 10.6 Å². The molecule has 1 aromatic carbocycles. The van der Waals surface area contributed by atoms with Crippen molar-refractivity contribution in [2.45, 2.75) is 26.2 Å². The van der Waals surface area contributed by atoms with Gasteiger partial charge in [-0.3, -0.25) is 9.59 Å². The molecule has 0 aliphatic rings. The van der Waals surface area contributed by atoms with Crippen molar-refractivity contribution < 1.29 is 9.59 Å². The molecule has 1 aromatic rings. The molecule has 0 bridgehead atoms. The van der Waals surface area contributed by atoms with E-state index in [0.717, 1.165) is 18.4 Å². The summed E-state index contributed by atoms with van der Waals surface area (Å²) < 4.78 is 0. The van der Waals surface area contributed by atoms with Crippen molar-refractivity contribution in [3.8, 4) is 0 Å². The maximum Gasteiger partial charge on any atom is 0.237 e. The van der Waals surface area contributed by atoms with Crippen molar-refractivity contribution in [2.24, 2.45) is 5.73 Å². The third-order valence-electron chi connectivity index (χ3n) is 2.78. The number of halogens is 1. The van der Waals surface area contributed by atoms with Crippen molar-refractivity contribution in [1.29, 1.82) is 0 Å². The second-order valence-corrected chi connectivity index (χ2v) is 4.81. The summed E-state index contributed by atoms with van der Waals surface area (Å²) in [6.07, 6.45) is 1.99. The Labute approximate surface area is 118 Å². The lowest BCUT2D eigenvalue weighted by molar-refractivity contribution is -0.134. The lowest BCUT2D eigenvalue weighted by Crippen LogP contribution is -2.39. The van der Waals surface area contributed by atoms with Crippen molar-refractivity contribution >= 4 is 23.4 Å². The van der Waals surface area contributed by atoms with E-state index in [-0.39, 0.29) is 18.9 Å². The van der Waals surface area contributed by atoms with Gasteiger partial charge in [-0.05, 0) is 18.1 Å². The third-order valence-corrected chi connectivity index (χ3v) is 3.15. The maximum atomic E-state index is 12.2. The fraction of sp³-hybridized carbons (Fsp3) is 0.429. The van der Waals surface area contributed by atoms with Crippen LogP contribution in [0.15, 0.2) is 24.3 Å². The zero-order valence-electron chi connectivity index (χ0n) is 11.1. The van der Waals surface area contributed by atoms with Crippen LogP contribution in [-0.2, 0) is 16.0 Å². The summed E-state index contributed by atoms with van der Waals surface area (Å²) in [5, 5.41) is 0.561. The molecule has 0 radical (unpaired) electrons. The quantitative estimate of drug-likeness (QED) is 0.831. The first-order valence-electron chi connectivity index (χ1n) is 6.34. The number of unbranched alkanes of at least 4 members (excludes halogenated alkanes) is 1. The first-order chi connectivity index (χ1) is 9.04. The predicted molar refractivity (Wildman–Crippen MR) is 75.8 cm³/mol. The molecule has 0 saturated carbocycles. The number of hydrogen-bond acceptors (Lipinski definition) is 2. The number of hydrogen-bond donors (Lipinski definition) is 1. The van der Waals surface area contributed by atoms with E-state index in [2.05, 4.69) is 0 Å². The monoisotopic (exact) mass is 282 g/mol. The molecule has 0 saturated heterocycles. The van der Waals surface area contributed by atoms with Gasteiger partial charge in [0.05, 0.1) is 13.0 Å². The van der Waals surface area contributed by atoms with Crippen LogP contribution in [0.3, 0.4) is 0 Å². The first kappa shape index (κ1) is 15.5. The van der Waals surface area contributed by atoms with Crippen molar-refractivity contribution in [3.63, 3.8) is 0 Å². The molecule has 2 N–H and O–H groups in total. The van der Waals surface area contributed by atoms with Gasteiger partial charge in [0, 0.05) is 11.6 Å². The van der Waals surface area contributed by atoms with Crippen LogP contribution in [0, 0.1) is 0 Å². The summed E-state index contributed by atoms with van der Waals surface area (Å²) in [5.74, 6) is -0.621. The molecule has 0 spiro atoms. The van der Waals surface area contributed by atoms with Gasteiger partial charge in [-0.15, -0.1) is 0 Å². The summed E-state index contributed by atoms with van der Waals surface area (Å²) in [5.41, 5.74) is 5.93. The van der Waals surface area contributed by atoms with Crippen molar-refractivity contribution in [3.05, 3.63) is 34.9 Å². The van der Waals surface area contributed by atoms with Crippen molar-refractivity contribution in [1.82, 2.24) is 4.90 Å². The largest absolute Gasteiger partial charge is 0.368 e. The Bertz CT molecular complexity index is 449. The van der Waals surface area contributed by atoms with E-state index >= 15 is 0 Å². The number of nitrogens with zero attached hydrogens (tertiary/aromatic N) is 1. The number of rotatable bonds is 7. The van der Waals surface area contributed by atoms with Crippen LogP contribution in [0.25, 0.3) is 0 Å². The van der Waals surface area contributed by atoms with Crippen LogP contribution < -0.4 is 5.73 Å². The molecule has 4 nitrogen and oxygen atoms in total. The molecule has 0 aliphatic carbocycles. The SMILES string of the molecule is CCCCN(CC(N)=O)C(=O)Cc1ccccc1Cl. The molecule has 0 atom stereocenters. The van der Waals surface area contributed by atoms with E-state index < -0.39 is 5.91 Å². The summed E-state index contributed by atoms with van der Waals surface area (Å²) in [7, 11) is 0. The topological polar surface area (TPSA) is 63.4 Å². The molecule has 2 amide bonds. The van der Waals surface area contributed by atoms with Crippen LogP contribution in [0.4, 0.5) is 0 Å². The zero-order valence-corrected chi connectivity index (χ0v) is 11.8. The van der Waals surface area contributed by atoms with E-state index in [1.807, 2.05) is 25.1 Å². The molecule has 104 valence electrons. The third kappa shape index (κ3) is 5.30. The van der Waals surface area contributed by atoms with Gasteiger partial charge in [-0.25, -0.2) is 0 Å². The molecule has 0 fully saturated rings. The smallest absolute Gasteiger partial charge is 0.237 e. The number of nitrogens with two attached hydrogens (primary N) is 1. The van der Waals surface area contributed by atoms with Gasteiger partial charge in [0.25, 0.3) is 0 Å². The second-order valence-electron chi connectivity index (χ2n) is 4.40. The Morgan fingerprint density at radius 3 is 2.58 bits per heavy atom. The Hall–Kier alpha value is -1.55. The van der Waals surface area contributed by atoms with Crippen molar-refractivity contribution in [2.75, 3.05) is 13.1 Å². The highest BCUT2D eigenvalue weighted by molar-refractivity contribution is 6.31. The van der Waals surface area contributed by atoms with E-state index in [4.69, 9.17) is 17.3 Å². The molecule has 1 rings (SSSR count). The lowest BCUT2D eigenvalue weighted by Gasteiger charge is -2.21. The van der Waals surface area contributed by atoms with Crippen LogP contribution in [0.1, 0.15) is 25.3 Å². The minimum absolute atomic E-state index is 0.0384. The maximum absolute atomic E-state index is 12.2. The van der Waals surface area contributed by atoms with Gasteiger partial charge in [0.15, 0.2) is 0 Å². The fourth-order valence-electron chi connectivity index (χ4n) is 1.75. The second kappa shape index (κ2) is 7.79. The van der Waals surface area contributed by atoms with E-state index in [9.17, 15) is 9.59 Å². The lowest BCUT2D eigenvalue weighted by atomic mass is 10.1. The minimum atomic E-state index is -0.497. The minimum Gasteiger partial charge on any atom is -0.368 e. The molecular weight excluding hydrogens is 264 g/mol. The number of benzene rings is 1. The molecule has 0 aromatic heterocycles. The Kier molecular flexibility index (Phi) is 6.36. The van der Waals surface area contributed by atoms with Crippen LogP contribution in [-0.4, -0.2) is 29.8 Å². The Morgan fingerprint density at radius 1 is 1.32 bits per heavy atom. The molecule has 0 unspecified atom stereocenters. The predicted octanol–water partition coefficient (Wildman–Crippen LogP) is 2.00. The Balaban J connectivity index is 2.70. The number of primary amides is 1. The average molecular weight is 283 g/mol. The fourth-order valence-corrected chi connectivity index (χ4v) is 1.95. The highest BCUT2D eigenvalue weighted by atomic mass is 35.5. The van der Waals surface area contributed by atoms with Gasteiger partial charge in [-0.2, -0.15) is 0 Å². The number of carbonyl (C=O) groups is 2. The molecule has 0 aliphatic heterocycles. The molecule has 19 heavy (non-hydrogen) atoms. The van der Waals surface area contributed by atoms with Gasteiger partial charge >= 0.3 is 0 Å². The van der Waals surface area contributed by atoms with E-state index in [1.54, 1.807) is 6.07 Å². The van der Waals surface area contributed by atoms with Crippen LogP contribution >= 0.6 is 11.6 Å². The number of amides is 2. The zero-order chi connectivity index (χ0) is 14.3. The summed E-state index contributed by atoms with van der Waals surface area (Å²) in [6, 6.07) is 7.20. The molecule has 0 heterocycles. The van der Waals surface area contributed by atoms with E-state index in [1.165, 1.54) is 4.90 Å². The van der Waals surface area contributed by atoms with E-state index in [0.29, 0.717) is 11.6 Å². The average Bonchev–Trinajstić information content (AvgIpc) is 2.36. The van der Waals surface area contributed by atoms with Gasteiger partial charge in [-0.1, -0.05) is 43.1 Å². The molecular formula is C14H19ClN2O2. The summed E-state index contributed by atoms with van der Waals surface area (Å²) >= 11 is 6.02. The highest BCUT2D eigenvalue weighted by Gasteiger charge is 2.16.